The number of methoxy groups -OCH3 is 4. The van der Waals surface area contributed by atoms with Gasteiger partial charge in [-0.1, -0.05) is 142 Å². The molecule has 2 aliphatic carbocycles. The van der Waals surface area contributed by atoms with Crippen molar-refractivity contribution in [1.29, 1.82) is 0 Å². The quantitative estimate of drug-likeness (QED) is 0.0156. The third kappa shape index (κ3) is 37.8. The first-order chi connectivity index (χ1) is 69.6. The lowest BCUT2D eigenvalue weighted by atomic mass is 9.78. The summed E-state index contributed by atoms with van der Waals surface area (Å²) in [5.74, 6) is -16.6. The topological polar surface area (TPSA) is 468 Å². The molecule has 2 amide bonds. The number of carbonyl (C=O) groups is 10. The van der Waals surface area contributed by atoms with E-state index in [1.54, 1.807) is 81.8 Å². The third-order valence-electron chi connectivity index (χ3n) is 30.7. The summed E-state index contributed by atoms with van der Waals surface area (Å²) >= 11 is 0. The van der Waals surface area contributed by atoms with Crippen molar-refractivity contribution in [1.82, 2.24) is 9.80 Å². The lowest BCUT2D eigenvalue weighted by Gasteiger charge is -2.43. The standard InChI is InChI=1S/2C56H89NO16/c2*1-35-15-11-10-12-16-36(2)47(71-28-27-69-25-23-58)33-43-20-18-41(7)56(66,73-43)53(63)54(64)57-22-14-13-17-44(57)55(65)72-48(38(4)31-42-19-21-46(70-26-24-59)49(32-42)67-8)34-45(60)37(3)30-40(6)51(62)52(68-9)50(61)39(5)29-35/h2*10-12,15-16,30,35,37-39,41-44,46-49,51-52,58-59,62,66H,13-14,17-29,31-34H2,1-9H3/b2*12-10+,15-11+,36-16+,40-30+/t35-,37-,38-,39-,41-,42+,43+,44+,46-,47+,48+,49-,51-,52+,56-;35-,37-,38-,39-,41-,42+,43+,44+,46-,47-,48+,49-,51-,52+,56-/m11/s1. The van der Waals surface area contributed by atoms with Gasteiger partial charge >= 0.3 is 11.9 Å². The summed E-state index contributed by atoms with van der Waals surface area (Å²) in [6, 6.07) is -2.35. The highest BCUT2D eigenvalue weighted by Gasteiger charge is 2.56. The summed E-state index contributed by atoms with van der Waals surface area (Å²) < 4.78 is 83.1. The molecule has 8 aliphatic rings. The van der Waals surface area contributed by atoms with Gasteiger partial charge in [0.05, 0.1) is 128 Å². The zero-order valence-electron chi connectivity index (χ0n) is 90.2. The predicted octanol–water partition coefficient (Wildman–Crippen LogP) is 11.2. The molecule has 0 spiro atoms. The van der Waals surface area contributed by atoms with E-state index in [0.29, 0.717) is 114 Å². The Morgan fingerprint density at radius 3 is 1.12 bits per heavy atom. The predicted molar refractivity (Wildman–Crippen MR) is 546 cm³/mol. The number of hydrogen-bond donors (Lipinski definition) is 8. The minimum Gasteiger partial charge on any atom is -0.460 e. The summed E-state index contributed by atoms with van der Waals surface area (Å²) in [5.41, 5.74) is 2.38. The van der Waals surface area contributed by atoms with Gasteiger partial charge in [-0.2, -0.15) is 0 Å². The molecule has 0 unspecified atom stereocenters. The van der Waals surface area contributed by atoms with Gasteiger partial charge in [-0.3, -0.25) is 38.4 Å². The smallest absolute Gasteiger partial charge is 0.329 e. The molecule has 0 aromatic carbocycles. The van der Waals surface area contributed by atoms with Crippen molar-refractivity contribution in [2.45, 2.75) is 360 Å². The maximum absolute atomic E-state index is 14.5. The third-order valence-corrected chi connectivity index (χ3v) is 30.7. The van der Waals surface area contributed by atoms with E-state index in [9.17, 15) is 88.8 Å². The van der Waals surface area contributed by atoms with Gasteiger partial charge in [-0.25, -0.2) is 9.59 Å². The Kier molecular flexibility index (Phi) is 55.3. The number of allylic oxidation sites excluding steroid dienone is 12. The second kappa shape index (κ2) is 64.1. The number of ketones is 6. The molecule has 828 valence electrons. The van der Waals surface area contributed by atoms with Crippen LogP contribution in [0.4, 0.5) is 0 Å². The van der Waals surface area contributed by atoms with Crippen LogP contribution >= 0.6 is 0 Å². The normalized spacial score (nSPS) is 37.3. The maximum Gasteiger partial charge on any atom is 0.329 e. The molecule has 6 fully saturated rings. The lowest BCUT2D eigenvalue weighted by Crippen LogP contribution is -2.61. The van der Waals surface area contributed by atoms with Gasteiger partial charge in [0.2, 0.25) is 11.6 Å². The molecule has 146 heavy (non-hydrogen) atoms. The molecule has 0 aromatic heterocycles. The number of nitrogens with zero attached hydrogens (tertiary/aromatic N) is 2. The molecular formula is C112H178N2O32. The van der Waals surface area contributed by atoms with Gasteiger partial charge in [-0.05, 0) is 214 Å². The maximum atomic E-state index is 14.5. The van der Waals surface area contributed by atoms with Crippen molar-refractivity contribution in [3.8, 4) is 0 Å². The average Bonchev–Trinajstić information content (AvgIpc) is 0.774. The average molecular weight is 2060 g/mol. The number of Topliss-reactive ketones (excluding diaryl/α,β-unsaturated/α-hetero) is 6. The minimum absolute atomic E-state index is 0.0182. The van der Waals surface area contributed by atoms with Gasteiger partial charge in [0.25, 0.3) is 23.4 Å². The molecule has 4 bridgehead atoms. The Morgan fingerprint density at radius 2 is 0.774 bits per heavy atom. The number of esters is 2. The van der Waals surface area contributed by atoms with Gasteiger partial charge < -0.3 is 117 Å². The molecule has 0 radical (unpaired) electrons. The number of aliphatic hydroxyl groups excluding tert-OH is 6. The first kappa shape index (κ1) is 126. The number of amides is 2. The molecule has 34 nitrogen and oxygen atoms in total. The molecule has 8 N–H and O–H groups in total. The van der Waals surface area contributed by atoms with E-state index in [0.717, 1.165) is 24.0 Å². The summed E-state index contributed by atoms with van der Waals surface area (Å²) in [6.07, 6.45) is 22.5. The van der Waals surface area contributed by atoms with E-state index < -0.39 is 156 Å². The van der Waals surface area contributed by atoms with Crippen LogP contribution in [-0.4, -0.2) is 339 Å². The largest absolute Gasteiger partial charge is 0.460 e. The molecular weight excluding hydrogens is 1890 g/mol. The number of rotatable bonds is 28. The Balaban J connectivity index is 0.000000396. The van der Waals surface area contributed by atoms with Gasteiger partial charge in [-0.15, -0.1) is 0 Å². The SMILES string of the molecule is CO[C@@H]1C[C@H](C[C@@H](C)[C@@H]2CC(=O)[C@H](C)/C=C(\C)[C@@H](O)[C@@H](OC)C(=O)[C@H](C)C[C@H](C)/C=C/C=C/C=C(\C)[C@@H](OCCOCCO)C[C@@H]3CC[C@@H](C)[C@@](O)(O3)C(=O)C(=O)N3CCCC[C@H]3C(=O)O2)CC[C@H]1OCCO.CO[C@@H]1C[C@H](C[C@@H](C)[C@@H]2CC(=O)[C@H](C)/C=C(\C)[C@@H](O)[C@@H](OC)C(=O)[C@H](C)C[C@H](C)/C=C/C=C/C=C(\C)[C@H](OCCOCCO)C[C@@H]3CC[C@@H](C)[C@@](O)(O3)C(=O)C(=O)N3CCCC[C@H]3C(=O)O2)CC[C@H]1OCCO. The second-order valence-corrected chi connectivity index (χ2v) is 42.3. The van der Waals surface area contributed by atoms with Crippen LogP contribution in [0.25, 0.3) is 0 Å². The van der Waals surface area contributed by atoms with Gasteiger partial charge in [0, 0.05) is 103 Å². The Morgan fingerprint density at radius 1 is 0.404 bits per heavy atom. The van der Waals surface area contributed by atoms with Crippen LogP contribution in [0.15, 0.2) is 95.2 Å². The Labute approximate surface area is 866 Å². The van der Waals surface area contributed by atoms with E-state index in [1.165, 1.54) is 24.0 Å². The lowest BCUT2D eigenvalue weighted by molar-refractivity contribution is -0.266. The van der Waals surface area contributed by atoms with E-state index in [2.05, 4.69) is 0 Å². The van der Waals surface area contributed by atoms with E-state index in [1.807, 2.05) is 102 Å². The van der Waals surface area contributed by atoms with Crippen LogP contribution in [0.3, 0.4) is 0 Å². The number of ether oxygens (including phenoxy) is 14. The highest BCUT2D eigenvalue weighted by atomic mass is 16.7. The molecule has 34 heteroatoms. The fourth-order valence-electron chi connectivity index (χ4n) is 21.7. The number of hydrogen-bond acceptors (Lipinski definition) is 32. The summed E-state index contributed by atoms with van der Waals surface area (Å²) in [6.45, 7) is 26.3. The highest BCUT2D eigenvalue weighted by molar-refractivity contribution is 6.39. The molecule has 6 heterocycles. The van der Waals surface area contributed by atoms with Crippen molar-refractivity contribution in [2.75, 3.05) is 121 Å². The van der Waals surface area contributed by atoms with E-state index in [-0.39, 0.29) is 214 Å². The zero-order valence-corrected chi connectivity index (χ0v) is 90.2. The van der Waals surface area contributed by atoms with Crippen LogP contribution in [0.5, 0.6) is 0 Å². The van der Waals surface area contributed by atoms with Crippen molar-refractivity contribution >= 4 is 58.5 Å². The molecule has 0 aromatic rings. The van der Waals surface area contributed by atoms with Crippen LogP contribution in [0, 0.1) is 71.0 Å². The second-order valence-electron chi connectivity index (χ2n) is 42.3. The Bertz CT molecular complexity index is 4060. The van der Waals surface area contributed by atoms with Crippen LogP contribution < -0.4 is 0 Å². The van der Waals surface area contributed by atoms with E-state index >= 15 is 0 Å². The number of carbonyl (C=O) groups excluding carboxylic acids is 10. The van der Waals surface area contributed by atoms with Crippen molar-refractivity contribution in [3.05, 3.63) is 95.2 Å². The van der Waals surface area contributed by atoms with Gasteiger partial charge in [0.1, 0.15) is 60.3 Å². The Hall–Kier alpha value is -6.98. The summed E-state index contributed by atoms with van der Waals surface area (Å²) in [7, 11) is 5.99. The summed E-state index contributed by atoms with van der Waals surface area (Å²) in [5, 5.41) is 84.4. The van der Waals surface area contributed by atoms with Crippen LogP contribution in [-0.2, 0) is 114 Å². The minimum atomic E-state index is -2.49. The number of aliphatic hydroxyl groups is 8. The molecule has 30 atom stereocenters. The number of fused-ring (bicyclic) bond motifs is 6. The van der Waals surface area contributed by atoms with Crippen molar-refractivity contribution in [2.24, 2.45) is 71.0 Å². The fourth-order valence-corrected chi connectivity index (χ4v) is 21.7. The summed E-state index contributed by atoms with van der Waals surface area (Å²) in [4.78, 5) is 145. The van der Waals surface area contributed by atoms with Crippen molar-refractivity contribution < 1.29 is 155 Å². The fraction of sp³-hybridized carbons (Fsp3) is 0.768. The highest BCUT2D eigenvalue weighted by Crippen LogP contribution is 2.43. The molecule has 6 aliphatic heterocycles. The molecule has 2 saturated carbocycles. The zero-order chi connectivity index (χ0) is 108. The van der Waals surface area contributed by atoms with Crippen LogP contribution in [0.1, 0.15) is 251 Å². The van der Waals surface area contributed by atoms with Crippen LogP contribution in [0.2, 0.25) is 0 Å². The molecule has 8 rings (SSSR count). The van der Waals surface area contributed by atoms with Gasteiger partial charge in [0.15, 0.2) is 11.6 Å². The van der Waals surface area contributed by atoms with E-state index in [4.69, 9.17) is 66.3 Å². The monoisotopic (exact) mass is 2060 g/mol. The number of cyclic esters (lactones) is 2. The first-order valence-electron chi connectivity index (χ1n) is 53.6. The molecule has 4 saturated heterocycles. The number of piperidine rings is 2. The van der Waals surface area contributed by atoms with Crippen molar-refractivity contribution in [3.63, 3.8) is 0 Å². The first-order valence-corrected chi connectivity index (χ1v) is 53.6.